The van der Waals surface area contributed by atoms with Crippen LogP contribution in [0, 0.1) is 0 Å². The lowest BCUT2D eigenvalue weighted by Gasteiger charge is -2.09. The average Bonchev–Trinajstić information content (AvgIpc) is 2.41. The SMILES string of the molecule is COc1ccc(Sc2ccc(C(C)C)cc2)c(N)c1. The van der Waals surface area contributed by atoms with Gasteiger partial charge in [-0.15, -0.1) is 0 Å². The fraction of sp³-hybridized carbons (Fsp3) is 0.250. The molecule has 0 atom stereocenters. The van der Waals surface area contributed by atoms with Crippen molar-refractivity contribution in [3.8, 4) is 5.75 Å². The summed E-state index contributed by atoms with van der Waals surface area (Å²) in [5, 5.41) is 0. The number of hydrogen-bond donors (Lipinski definition) is 1. The zero-order valence-corrected chi connectivity index (χ0v) is 12.3. The van der Waals surface area contributed by atoms with Crippen LogP contribution < -0.4 is 10.5 Å². The second kappa shape index (κ2) is 6.02. The van der Waals surface area contributed by atoms with E-state index in [4.69, 9.17) is 10.5 Å². The minimum absolute atomic E-state index is 0.560. The molecule has 3 heteroatoms. The number of nitrogens with two attached hydrogens (primary N) is 1. The van der Waals surface area contributed by atoms with E-state index < -0.39 is 0 Å². The standard InChI is InChI=1S/C16H19NOS/c1-11(2)12-4-7-14(8-5-12)19-16-9-6-13(18-3)10-15(16)17/h4-11H,17H2,1-3H3. The van der Waals surface area contributed by atoms with Gasteiger partial charge in [-0.2, -0.15) is 0 Å². The Labute approximate surface area is 119 Å². The average molecular weight is 273 g/mol. The van der Waals surface area contributed by atoms with Gasteiger partial charge in [0.2, 0.25) is 0 Å². The number of anilines is 1. The summed E-state index contributed by atoms with van der Waals surface area (Å²) in [5.41, 5.74) is 8.12. The highest BCUT2D eigenvalue weighted by molar-refractivity contribution is 7.99. The molecule has 2 aromatic rings. The van der Waals surface area contributed by atoms with Gasteiger partial charge in [-0.1, -0.05) is 37.7 Å². The van der Waals surface area contributed by atoms with Crippen LogP contribution in [0.4, 0.5) is 5.69 Å². The van der Waals surface area contributed by atoms with Gasteiger partial charge in [-0.3, -0.25) is 0 Å². The van der Waals surface area contributed by atoms with E-state index in [-0.39, 0.29) is 0 Å². The maximum Gasteiger partial charge on any atom is 0.120 e. The molecule has 0 spiro atoms. The first kappa shape index (κ1) is 13.8. The molecule has 2 aromatic carbocycles. The zero-order chi connectivity index (χ0) is 13.8. The highest BCUT2D eigenvalue weighted by Crippen LogP contribution is 2.34. The minimum Gasteiger partial charge on any atom is -0.497 e. The van der Waals surface area contributed by atoms with Crippen molar-refractivity contribution in [3.05, 3.63) is 48.0 Å². The van der Waals surface area contributed by atoms with Crippen molar-refractivity contribution in [3.63, 3.8) is 0 Å². The van der Waals surface area contributed by atoms with Crippen molar-refractivity contribution in [1.82, 2.24) is 0 Å². The number of benzene rings is 2. The maximum atomic E-state index is 6.02. The molecule has 0 heterocycles. The van der Waals surface area contributed by atoms with Crippen LogP contribution in [-0.4, -0.2) is 7.11 Å². The molecule has 0 bridgehead atoms. The van der Waals surface area contributed by atoms with E-state index in [1.807, 2.05) is 18.2 Å². The van der Waals surface area contributed by atoms with Crippen molar-refractivity contribution in [2.45, 2.75) is 29.6 Å². The van der Waals surface area contributed by atoms with Gasteiger partial charge in [-0.25, -0.2) is 0 Å². The predicted molar refractivity (Wildman–Crippen MR) is 82.1 cm³/mol. The molecule has 0 saturated carbocycles. The van der Waals surface area contributed by atoms with Crippen molar-refractivity contribution in [1.29, 1.82) is 0 Å². The molecule has 100 valence electrons. The number of methoxy groups -OCH3 is 1. The molecule has 0 aliphatic carbocycles. The Hall–Kier alpha value is -1.61. The zero-order valence-electron chi connectivity index (χ0n) is 11.5. The molecule has 0 saturated heterocycles. The third-order valence-electron chi connectivity index (χ3n) is 2.99. The lowest BCUT2D eigenvalue weighted by molar-refractivity contribution is 0.415. The molecule has 0 aromatic heterocycles. The quantitative estimate of drug-likeness (QED) is 0.830. The molecule has 0 unspecified atom stereocenters. The van der Waals surface area contributed by atoms with Crippen LogP contribution in [-0.2, 0) is 0 Å². The van der Waals surface area contributed by atoms with E-state index >= 15 is 0 Å². The Balaban J connectivity index is 2.16. The first-order valence-corrected chi connectivity index (χ1v) is 7.13. The summed E-state index contributed by atoms with van der Waals surface area (Å²) in [7, 11) is 1.65. The molecular formula is C16H19NOS. The van der Waals surface area contributed by atoms with Gasteiger partial charge >= 0.3 is 0 Å². The van der Waals surface area contributed by atoms with Gasteiger partial charge in [0.25, 0.3) is 0 Å². The lowest BCUT2D eigenvalue weighted by Crippen LogP contribution is -1.91. The second-order valence-electron chi connectivity index (χ2n) is 4.73. The molecule has 0 aliphatic rings. The van der Waals surface area contributed by atoms with E-state index in [1.165, 1.54) is 10.5 Å². The normalized spacial score (nSPS) is 10.7. The van der Waals surface area contributed by atoms with Gasteiger partial charge in [0, 0.05) is 21.5 Å². The lowest BCUT2D eigenvalue weighted by atomic mass is 10.0. The Kier molecular flexibility index (Phi) is 4.38. The Bertz CT molecular complexity index is 549. The van der Waals surface area contributed by atoms with Gasteiger partial charge in [-0.05, 0) is 35.7 Å². The fourth-order valence-corrected chi connectivity index (χ4v) is 2.63. The van der Waals surface area contributed by atoms with Crippen LogP contribution in [0.3, 0.4) is 0 Å². The molecule has 2 N–H and O–H groups in total. The molecular weight excluding hydrogens is 254 g/mol. The number of ether oxygens (including phenoxy) is 1. The Morgan fingerprint density at radius 1 is 1.05 bits per heavy atom. The monoisotopic (exact) mass is 273 g/mol. The molecule has 2 nitrogen and oxygen atoms in total. The van der Waals surface area contributed by atoms with Gasteiger partial charge < -0.3 is 10.5 Å². The summed E-state index contributed by atoms with van der Waals surface area (Å²) >= 11 is 1.67. The minimum atomic E-state index is 0.560. The van der Waals surface area contributed by atoms with Crippen LogP contribution >= 0.6 is 11.8 Å². The smallest absolute Gasteiger partial charge is 0.120 e. The first-order chi connectivity index (χ1) is 9.10. The summed E-state index contributed by atoms with van der Waals surface area (Å²) in [5.74, 6) is 1.35. The summed E-state index contributed by atoms with van der Waals surface area (Å²) in [4.78, 5) is 2.25. The number of rotatable bonds is 4. The number of hydrogen-bond acceptors (Lipinski definition) is 3. The van der Waals surface area contributed by atoms with Crippen LogP contribution in [0.2, 0.25) is 0 Å². The largest absolute Gasteiger partial charge is 0.497 e. The molecule has 2 rings (SSSR count). The van der Waals surface area contributed by atoms with Gasteiger partial charge in [0.15, 0.2) is 0 Å². The third kappa shape index (κ3) is 3.44. The first-order valence-electron chi connectivity index (χ1n) is 6.31. The van der Waals surface area contributed by atoms with Crippen molar-refractivity contribution in [2.75, 3.05) is 12.8 Å². The van der Waals surface area contributed by atoms with Crippen molar-refractivity contribution < 1.29 is 4.74 Å². The van der Waals surface area contributed by atoms with Crippen LogP contribution in [0.5, 0.6) is 5.75 Å². The topological polar surface area (TPSA) is 35.2 Å². The molecule has 0 amide bonds. The molecule has 0 aliphatic heterocycles. The Morgan fingerprint density at radius 3 is 2.26 bits per heavy atom. The van der Waals surface area contributed by atoms with E-state index in [1.54, 1.807) is 18.9 Å². The highest BCUT2D eigenvalue weighted by atomic mass is 32.2. The molecule has 0 radical (unpaired) electrons. The van der Waals surface area contributed by atoms with E-state index in [9.17, 15) is 0 Å². The second-order valence-corrected chi connectivity index (χ2v) is 5.84. The maximum absolute atomic E-state index is 6.02. The van der Waals surface area contributed by atoms with Crippen molar-refractivity contribution in [2.24, 2.45) is 0 Å². The van der Waals surface area contributed by atoms with Gasteiger partial charge in [0.05, 0.1) is 7.11 Å². The van der Waals surface area contributed by atoms with E-state index in [0.717, 1.165) is 16.3 Å². The van der Waals surface area contributed by atoms with Crippen LogP contribution in [0.25, 0.3) is 0 Å². The van der Waals surface area contributed by atoms with E-state index in [0.29, 0.717) is 5.92 Å². The summed E-state index contributed by atoms with van der Waals surface area (Å²) in [6.07, 6.45) is 0. The predicted octanol–water partition coefficient (Wildman–Crippen LogP) is 4.55. The van der Waals surface area contributed by atoms with Crippen LogP contribution in [0.1, 0.15) is 25.3 Å². The summed E-state index contributed by atoms with van der Waals surface area (Å²) in [6, 6.07) is 14.4. The highest BCUT2D eigenvalue weighted by Gasteiger charge is 2.04. The number of nitrogen functional groups attached to an aromatic ring is 1. The molecule has 19 heavy (non-hydrogen) atoms. The summed E-state index contributed by atoms with van der Waals surface area (Å²) < 4.78 is 5.15. The summed E-state index contributed by atoms with van der Waals surface area (Å²) in [6.45, 7) is 4.40. The van der Waals surface area contributed by atoms with Crippen molar-refractivity contribution >= 4 is 17.4 Å². The Morgan fingerprint density at radius 2 is 1.74 bits per heavy atom. The fourth-order valence-electron chi connectivity index (χ4n) is 1.79. The van der Waals surface area contributed by atoms with Gasteiger partial charge in [0.1, 0.15) is 5.75 Å². The van der Waals surface area contributed by atoms with Crippen LogP contribution in [0.15, 0.2) is 52.3 Å². The molecule has 0 fully saturated rings. The van der Waals surface area contributed by atoms with E-state index in [2.05, 4.69) is 38.1 Å². The third-order valence-corrected chi connectivity index (χ3v) is 4.09.